The van der Waals surface area contributed by atoms with Gasteiger partial charge in [0.15, 0.2) is 0 Å². The lowest BCUT2D eigenvalue weighted by Gasteiger charge is -2.16. The molecule has 0 N–H and O–H groups in total. The van der Waals surface area contributed by atoms with Gasteiger partial charge in [0.1, 0.15) is 11.5 Å². The van der Waals surface area contributed by atoms with Crippen molar-refractivity contribution in [2.24, 2.45) is 4.99 Å². The highest BCUT2D eigenvalue weighted by Crippen LogP contribution is 2.21. The van der Waals surface area contributed by atoms with Crippen molar-refractivity contribution in [2.45, 2.75) is 25.7 Å². The predicted molar refractivity (Wildman–Crippen MR) is 49.1 cm³/mol. The third kappa shape index (κ3) is 1.58. The Morgan fingerprint density at radius 3 is 2.83 bits per heavy atom. The first kappa shape index (κ1) is 7.59. The van der Waals surface area contributed by atoms with Crippen LogP contribution in [0.4, 0.5) is 0 Å². The molecule has 0 spiro atoms. The highest BCUT2D eigenvalue weighted by Gasteiger charge is 2.09. The summed E-state index contributed by atoms with van der Waals surface area (Å²) in [5, 5.41) is 0. The maximum atomic E-state index is 5.50. The minimum atomic E-state index is 0.846. The van der Waals surface area contributed by atoms with E-state index in [1.54, 1.807) is 0 Å². The molecule has 2 rings (SSSR count). The van der Waals surface area contributed by atoms with E-state index in [9.17, 15) is 0 Å². The second-order valence-electron chi connectivity index (χ2n) is 3.04. The largest absolute Gasteiger partial charge is 0.492 e. The fourth-order valence-electron chi connectivity index (χ4n) is 1.41. The molecule has 64 valence electrons. The first-order valence-electron chi connectivity index (χ1n) is 4.53. The van der Waals surface area contributed by atoms with Gasteiger partial charge < -0.3 is 4.74 Å². The van der Waals surface area contributed by atoms with E-state index in [2.05, 4.69) is 17.1 Å². The Morgan fingerprint density at radius 2 is 2.17 bits per heavy atom. The van der Waals surface area contributed by atoms with Crippen LogP contribution in [0, 0.1) is 0 Å². The molecule has 2 aliphatic heterocycles. The molecule has 2 heterocycles. The zero-order valence-electron chi connectivity index (χ0n) is 7.12. The van der Waals surface area contributed by atoms with Gasteiger partial charge in [-0.2, -0.15) is 0 Å². The van der Waals surface area contributed by atoms with Crippen LogP contribution in [0.2, 0.25) is 0 Å². The molecule has 0 saturated carbocycles. The van der Waals surface area contributed by atoms with Crippen molar-refractivity contribution in [2.75, 3.05) is 6.61 Å². The molecular formula is C10H13NO. The number of rotatable bonds is 1. The summed E-state index contributed by atoms with van der Waals surface area (Å²) in [5.41, 5.74) is 1.03. The molecule has 0 bridgehead atoms. The molecule has 2 nitrogen and oxygen atoms in total. The zero-order valence-corrected chi connectivity index (χ0v) is 7.12. The zero-order chi connectivity index (χ0) is 8.23. The topological polar surface area (TPSA) is 21.6 Å². The Balaban J connectivity index is 2.12. The lowest BCUT2D eigenvalue weighted by molar-refractivity contribution is 0.200. The van der Waals surface area contributed by atoms with Gasteiger partial charge in [0.05, 0.1) is 6.61 Å². The fraction of sp³-hybridized carbons (Fsp3) is 0.500. The van der Waals surface area contributed by atoms with Crippen molar-refractivity contribution >= 4 is 6.21 Å². The van der Waals surface area contributed by atoms with Gasteiger partial charge in [0.2, 0.25) is 0 Å². The molecule has 0 amide bonds. The Kier molecular flexibility index (Phi) is 2.26. The number of hydrogen-bond donors (Lipinski definition) is 0. The van der Waals surface area contributed by atoms with Gasteiger partial charge >= 0.3 is 0 Å². The molecule has 0 aromatic carbocycles. The van der Waals surface area contributed by atoms with Crippen LogP contribution in [0.1, 0.15) is 25.7 Å². The number of hydrogen-bond acceptors (Lipinski definition) is 2. The summed E-state index contributed by atoms with van der Waals surface area (Å²) in [4.78, 5) is 4.30. The molecule has 0 aromatic heterocycles. The summed E-state index contributed by atoms with van der Waals surface area (Å²) >= 11 is 0. The Labute approximate surface area is 72.6 Å². The first-order chi connectivity index (χ1) is 5.97. The Morgan fingerprint density at radius 1 is 1.17 bits per heavy atom. The first-order valence-corrected chi connectivity index (χ1v) is 4.53. The fourth-order valence-corrected chi connectivity index (χ4v) is 1.41. The standard InChI is InChI=1S/C10H13NO/c1-3-7-11-9(5-1)10-6-2-4-8-12-10/h5-7H,1-4,8H2. The van der Waals surface area contributed by atoms with Gasteiger partial charge in [-0.1, -0.05) is 6.08 Å². The summed E-state index contributed by atoms with van der Waals surface area (Å²) in [5.74, 6) is 0.984. The third-order valence-electron chi connectivity index (χ3n) is 2.05. The number of nitrogens with zero attached hydrogens (tertiary/aromatic N) is 1. The SMILES string of the molecule is C1=NC(C2=CCCCO2)=CCC1. The molecule has 0 radical (unpaired) electrons. The highest BCUT2D eigenvalue weighted by molar-refractivity contribution is 5.62. The maximum Gasteiger partial charge on any atom is 0.140 e. The molecule has 0 unspecified atom stereocenters. The molecule has 0 atom stereocenters. The van der Waals surface area contributed by atoms with Gasteiger partial charge in [-0.3, -0.25) is 4.99 Å². The van der Waals surface area contributed by atoms with Crippen LogP contribution in [-0.4, -0.2) is 12.8 Å². The van der Waals surface area contributed by atoms with E-state index in [-0.39, 0.29) is 0 Å². The van der Waals surface area contributed by atoms with Crippen LogP contribution in [0.5, 0.6) is 0 Å². The lowest BCUT2D eigenvalue weighted by atomic mass is 10.1. The third-order valence-corrected chi connectivity index (χ3v) is 2.05. The monoisotopic (exact) mass is 163 g/mol. The number of ether oxygens (including phenoxy) is 1. The van der Waals surface area contributed by atoms with Crippen molar-refractivity contribution in [3.8, 4) is 0 Å². The second-order valence-corrected chi connectivity index (χ2v) is 3.04. The Bertz CT molecular complexity index is 251. The quantitative estimate of drug-likeness (QED) is 0.581. The molecule has 0 aliphatic carbocycles. The van der Waals surface area contributed by atoms with Crippen molar-refractivity contribution < 1.29 is 4.74 Å². The summed E-state index contributed by atoms with van der Waals surface area (Å²) in [7, 11) is 0. The molecule has 2 heteroatoms. The van der Waals surface area contributed by atoms with E-state index in [1.807, 2.05) is 6.21 Å². The van der Waals surface area contributed by atoms with Gasteiger partial charge in [-0.05, 0) is 31.8 Å². The van der Waals surface area contributed by atoms with Crippen LogP contribution >= 0.6 is 0 Å². The lowest BCUT2D eigenvalue weighted by Crippen LogP contribution is -2.04. The normalized spacial score (nSPS) is 22.7. The van der Waals surface area contributed by atoms with E-state index in [0.29, 0.717) is 0 Å². The summed E-state index contributed by atoms with van der Waals surface area (Å²) < 4.78 is 5.50. The van der Waals surface area contributed by atoms with Crippen LogP contribution in [0.15, 0.2) is 28.6 Å². The number of allylic oxidation sites excluding steroid dienone is 2. The minimum Gasteiger partial charge on any atom is -0.492 e. The van der Waals surface area contributed by atoms with E-state index in [0.717, 1.165) is 43.7 Å². The van der Waals surface area contributed by atoms with E-state index >= 15 is 0 Å². The van der Waals surface area contributed by atoms with Gasteiger partial charge in [-0.25, -0.2) is 0 Å². The van der Waals surface area contributed by atoms with Crippen LogP contribution in [0.3, 0.4) is 0 Å². The van der Waals surface area contributed by atoms with Crippen molar-refractivity contribution in [1.29, 1.82) is 0 Å². The molecule has 0 saturated heterocycles. The van der Waals surface area contributed by atoms with Gasteiger partial charge in [-0.15, -0.1) is 0 Å². The van der Waals surface area contributed by atoms with Crippen LogP contribution < -0.4 is 0 Å². The Hall–Kier alpha value is -1.05. The van der Waals surface area contributed by atoms with Crippen LogP contribution in [0.25, 0.3) is 0 Å². The average Bonchev–Trinajstić information content (AvgIpc) is 2.21. The smallest absolute Gasteiger partial charge is 0.140 e. The van der Waals surface area contributed by atoms with Crippen LogP contribution in [-0.2, 0) is 4.74 Å². The summed E-state index contributed by atoms with van der Waals surface area (Å²) in [6, 6.07) is 0. The molecular weight excluding hydrogens is 150 g/mol. The molecule has 0 aromatic rings. The summed E-state index contributed by atoms with van der Waals surface area (Å²) in [6.07, 6.45) is 10.7. The van der Waals surface area contributed by atoms with E-state index in [1.165, 1.54) is 0 Å². The molecule has 2 aliphatic rings. The summed E-state index contributed by atoms with van der Waals surface area (Å²) in [6.45, 7) is 0.846. The van der Waals surface area contributed by atoms with Gasteiger partial charge in [0, 0.05) is 6.21 Å². The van der Waals surface area contributed by atoms with Crippen molar-refractivity contribution in [3.05, 3.63) is 23.6 Å². The molecule has 12 heavy (non-hydrogen) atoms. The molecule has 0 fully saturated rings. The maximum absolute atomic E-state index is 5.50. The van der Waals surface area contributed by atoms with Crippen molar-refractivity contribution in [1.82, 2.24) is 0 Å². The van der Waals surface area contributed by atoms with Crippen molar-refractivity contribution in [3.63, 3.8) is 0 Å². The van der Waals surface area contributed by atoms with E-state index < -0.39 is 0 Å². The second kappa shape index (κ2) is 3.57. The van der Waals surface area contributed by atoms with Gasteiger partial charge in [0.25, 0.3) is 0 Å². The minimum absolute atomic E-state index is 0.846. The predicted octanol–water partition coefficient (Wildman–Crippen LogP) is 2.43. The number of aliphatic imine (C=N–C) groups is 1. The highest BCUT2D eigenvalue weighted by atomic mass is 16.5. The van der Waals surface area contributed by atoms with E-state index in [4.69, 9.17) is 4.74 Å². The average molecular weight is 163 g/mol.